The molecule has 0 fully saturated rings. The zero-order valence-corrected chi connectivity index (χ0v) is 11.3. The van der Waals surface area contributed by atoms with E-state index in [0.717, 1.165) is 11.1 Å². The second-order valence-electron chi connectivity index (χ2n) is 4.20. The number of amides is 1. The van der Waals surface area contributed by atoms with Crippen LogP contribution in [-0.4, -0.2) is 27.2 Å². The highest BCUT2D eigenvalue weighted by Gasteiger charge is 2.10. The van der Waals surface area contributed by atoms with Crippen molar-refractivity contribution < 1.29 is 4.79 Å². The third-order valence-electron chi connectivity index (χ3n) is 2.76. The van der Waals surface area contributed by atoms with E-state index in [2.05, 4.69) is 27.2 Å². The molecule has 0 atom stereocenters. The van der Waals surface area contributed by atoms with Crippen molar-refractivity contribution in [3.05, 3.63) is 41.2 Å². The van der Waals surface area contributed by atoms with Crippen LogP contribution in [0.2, 0.25) is 0 Å². The van der Waals surface area contributed by atoms with E-state index in [4.69, 9.17) is 5.73 Å². The Morgan fingerprint density at radius 2 is 2.30 bits per heavy atom. The van der Waals surface area contributed by atoms with Gasteiger partial charge in [-0.15, -0.1) is 0 Å². The molecule has 20 heavy (non-hydrogen) atoms. The van der Waals surface area contributed by atoms with Gasteiger partial charge in [0.05, 0.1) is 6.54 Å². The van der Waals surface area contributed by atoms with Crippen LogP contribution in [0.15, 0.2) is 24.5 Å². The van der Waals surface area contributed by atoms with Crippen LogP contribution >= 0.6 is 0 Å². The number of nitrogens with one attached hydrogen (secondary N) is 1. The number of hydrogen-bond donors (Lipinski definition) is 2. The Labute approximate surface area is 117 Å². The van der Waals surface area contributed by atoms with Crippen molar-refractivity contribution in [3.8, 4) is 11.8 Å². The van der Waals surface area contributed by atoms with Gasteiger partial charge in [-0.1, -0.05) is 17.9 Å². The third kappa shape index (κ3) is 3.02. The maximum Gasteiger partial charge on any atom is 0.258 e. The van der Waals surface area contributed by atoms with Crippen LogP contribution < -0.4 is 11.1 Å². The first-order valence-corrected chi connectivity index (χ1v) is 6.06. The van der Waals surface area contributed by atoms with Crippen molar-refractivity contribution in [1.82, 2.24) is 14.8 Å². The van der Waals surface area contributed by atoms with E-state index in [-0.39, 0.29) is 12.5 Å². The van der Waals surface area contributed by atoms with Gasteiger partial charge >= 0.3 is 0 Å². The fraction of sp³-hybridized carbons (Fsp3) is 0.214. The maximum atomic E-state index is 12.1. The van der Waals surface area contributed by atoms with E-state index in [1.165, 1.54) is 11.0 Å². The molecule has 0 aliphatic rings. The van der Waals surface area contributed by atoms with Gasteiger partial charge in [0.1, 0.15) is 6.33 Å². The van der Waals surface area contributed by atoms with Gasteiger partial charge in [-0.05, 0) is 24.6 Å². The summed E-state index contributed by atoms with van der Waals surface area (Å²) < 4.78 is 1.49. The number of aryl methyl sites for hydroxylation is 2. The summed E-state index contributed by atoms with van der Waals surface area (Å²) in [6.07, 6.45) is 1.38. The number of carbonyl (C=O) groups excluding carboxylic acids is 1. The number of hydrogen-bond acceptors (Lipinski definition) is 4. The predicted octanol–water partition coefficient (Wildman–Crippen LogP) is 0.686. The number of benzene rings is 1. The predicted molar refractivity (Wildman–Crippen MR) is 76.1 cm³/mol. The minimum Gasteiger partial charge on any atom is -0.320 e. The van der Waals surface area contributed by atoms with Crippen LogP contribution in [0.25, 0.3) is 0 Å². The zero-order chi connectivity index (χ0) is 14.5. The Hall–Kier alpha value is -2.65. The summed E-state index contributed by atoms with van der Waals surface area (Å²) in [6.45, 7) is 2.22. The van der Waals surface area contributed by atoms with Crippen LogP contribution in [0.5, 0.6) is 0 Å². The van der Waals surface area contributed by atoms with Gasteiger partial charge in [0, 0.05) is 18.2 Å². The largest absolute Gasteiger partial charge is 0.320 e. The second-order valence-corrected chi connectivity index (χ2v) is 4.20. The number of rotatable bonds is 2. The van der Waals surface area contributed by atoms with Crippen molar-refractivity contribution in [2.24, 2.45) is 12.8 Å². The topological polar surface area (TPSA) is 85.8 Å². The van der Waals surface area contributed by atoms with Crippen molar-refractivity contribution >= 4 is 11.9 Å². The Kier molecular flexibility index (Phi) is 4.13. The Morgan fingerprint density at radius 3 is 2.95 bits per heavy atom. The standard InChI is InChI=1S/C14H15N5O/c1-10-5-6-12(8-11(10)4-3-7-15)13(20)18-14-16-9-17-19(14)2/h5-6,8-9H,7,15H2,1-2H3,(H,16,17,18,20). The number of aromatic nitrogens is 3. The lowest BCUT2D eigenvalue weighted by molar-refractivity contribution is 0.102. The molecular formula is C14H15N5O. The lowest BCUT2D eigenvalue weighted by atomic mass is 10.0. The first kappa shape index (κ1) is 13.8. The average molecular weight is 269 g/mol. The quantitative estimate of drug-likeness (QED) is 0.785. The maximum absolute atomic E-state index is 12.1. The number of anilines is 1. The van der Waals surface area contributed by atoms with E-state index in [9.17, 15) is 4.79 Å². The molecule has 3 N–H and O–H groups in total. The molecule has 0 saturated carbocycles. The van der Waals surface area contributed by atoms with E-state index >= 15 is 0 Å². The number of nitrogens with zero attached hydrogens (tertiary/aromatic N) is 3. The Balaban J connectivity index is 2.24. The van der Waals surface area contributed by atoms with E-state index in [1.54, 1.807) is 19.2 Å². The molecule has 0 aliphatic heterocycles. The van der Waals surface area contributed by atoms with Gasteiger partial charge in [0.25, 0.3) is 5.91 Å². The average Bonchev–Trinajstić information content (AvgIpc) is 2.83. The highest BCUT2D eigenvalue weighted by molar-refractivity contribution is 6.03. The highest BCUT2D eigenvalue weighted by Crippen LogP contribution is 2.11. The second kappa shape index (κ2) is 5.99. The van der Waals surface area contributed by atoms with Crippen LogP contribution in [0.3, 0.4) is 0 Å². The lowest BCUT2D eigenvalue weighted by Gasteiger charge is -2.05. The highest BCUT2D eigenvalue weighted by atomic mass is 16.1. The van der Waals surface area contributed by atoms with Gasteiger partial charge in [-0.25, -0.2) is 4.68 Å². The molecular weight excluding hydrogens is 254 g/mol. The lowest BCUT2D eigenvalue weighted by Crippen LogP contribution is -2.15. The molecule has 1 heterocycles. The molecule has 0 unspecified atom stereocenters. The normalized spacial score (nSPS) is 9.75. The third-order valence-corrected chi connectivity index (χ3v) is 2.76. The minimum absolute atomic E-state index is 0.253. The smallest absolute Gasteiger partial charge is 0.258 e. The van der Waals surface area contributed by atoms with Crippen LogP contribution in [0.4, 0.5) is 5.95 Å². The van der Waals surface area contributed by atoms with E-state index in [1.807, 2.05) is 13.0 Å². The number of carbonyl (C=O) groups is 1. The molecule has 1 aromatic carbocycles. The van der Waals surface area contributed by atoms with E-state index < -0.39 is 0 Å². The summed E-state index contributed by atoms with van der Waals surface area (Å²) in [4.78, 5) is 16.1. The fourth-order valence-electron chi connectivity index (χ4n) is 1.63. The summed E-state index contributed by atoms with van der Waals surface area (Å²) in [7, 11) is 1.70. The summed E-state index contributed by atoms with van der Waals surface area (Å²) in [6, 6.07) is 5.34. The van der Waals surface area contributed by atoms with Gasteiger partial charge in [0.15, 0.2) is 0 Å². The van der Waals surface area contributed by atoms with Crippen LogP contribution in [0, 0.1) is 18.8 Å². The molecule has 6 nitrogen and oxygen atoms in total. The molecule has 0 spiro atoms. The first-order valence-electron chi connectivity index (χ1n) is 6.06. The molecule has 1 amide bonds. The molecule has 2 aromatic rings. The van der Waals surface area contributed by atoms with Gasteiger partial charge < -0.3 is 5.73 Å². The van der Waals surface area contributed by atoms with Crippen molar-refractivity contribution in [1.29, 1.82) is 0 Å². The molecule has 0 bridgehead atoms. The molecule has 0 radical (unpaired) electrons. The van der Waals surface area contributed by atoms with E-state index in [0.29, 0.717) is 11.5 Å². The molecule has 1 aromatic heterocycles. The molecule has 0 aliphatic carbocycles. The van der Waals surface area contributed by atoms with Crippen molar-refractivity contribution in [3.63, 3.8) is 0 Å². The zero-order valence-electron chi connectivity index (χ0n) is 11.3. The van der Waals surface area contributed by atoms with Gasteiger partial charge in [-0.3, -0.25) is 10.1 Å². The molecule has 0 saturated heterocycles. The fourth-order valence-corrected chi connectivity index (χ4v) is 1.63. The van der Waals surface area contributed by atoms with Gasteiger partial charge in [0.2, 0.25) is 5.95 Å². The van der Waals surface area contributed by atoms with Crippen molar-refractivity contribution in [2.75, 3.05) is 11.9 Å². The molecule has 2 rings (SSSR count). The van der Waals surface area contributed by atoms with Crippen LogP contribution in [-0.2, 0) is 7.05 Å². The minimum atomic E-state index is -0.253. The van der Waals surface area contributed by atoms with Crippen LogP contribution in [0.1, 0.15) is 21.5 Å². The summed E-state index contributed by atoms with van der Waals surface area (Å²) in [5.74, 6) is 5.88. The monoisotopic (exact) mass is 269 g/mol. The first-order chi connectivity index (χ1) is 9.61. The molecule has 6 heteroatoms. The number of nitrogens with two attached hydrogens (primary N) is 1. The summed E-state index contributed by atoms with van der Waals surface area (Å²) in [5.41, 5.74) is 7.67. The SMILES string of the molecule is Cc1ccc(C(=O)Nc2ncnn2C)cc1C#CCN. The Morgan fingerprint density at radius 1 is 1.50 bits per heavy atom. The summed E-state index contributed by atoms with van der Waals surface area (Å²) in [5, 5.41) is 6.58. The summed E-state index contributed by atoms with van der Waals surface area (Å²) >= 11 is 0. The molecule has 102 valence electrons. The van der Waals surface area contributed by atoms with Crippen molar-refractivity contribution in [2.45, 2.75) is 6.92 Å². The Bertz CT molecular complexity index is 693. The van der Waals surface area contributed by atoms with Gasteiger partial charge in [-0.2, -0.15) is 10.1 Å².